The van der Waals surface area contributed by atoms with E-state index in [-0.39, 0.29) is 6.54 Å². The molecule has 0 rings (SSSR count). The van der Waals surface area contributed by atoms with Crippen LogP contribution in [-0.4, -0.2) is 24.2 Å². The Morgan fingerprint density at radius 3 is 2.38 bits per heavy atom. The van der Waals surface area contributed by atoms with Crippen molar-refractivity contribution in [1.29, 1.82) is 0 Å². The quantitative estimate of drug-likeness (QED) is 0.629. The average Bonchev–Trinajstić information content (AvgIpc) is 1.67. The van der Waals surface area contributed by atoms with Gasteiger partial charge in [0, 0.05) is 12.3 Å². The van der Waals surface area contributed by atoms with Crippen LogP contribution in [0, 0.1) is 0 Å². The third-order valence-electron chi connectivity index (χ3n) is 0.871. The summed E-state index contributed by atoms with van der Waals surface area (Å²) in [5.74, 6) is 0.490. The topological polar surface area (TPSA) is 26.0 Å². The molecule has 0 spiro atoms. The Balaban J connectivity index is 3.37. The second-order valence-electron chi connectivity index (χ2n) is 2.05. The van der Waals surface area contributed by atoms with Gasteiger partial charge in [-0.2, -0.15) is 11.8 Å². The van der Waals surface area contributed by atoms with Gasteiger partial charge in [-0.15, -0.1) is 0 Å². The Morgan fingerprint density at radius 2 is 2.25 bits per heavy atom. The van der Waals surface area contributed by atoms with Crippen LogP contribution in [0.2, 0.25) is 0 Å². The van der Waals surface area contributed by atoms with Gasteiger partial charge in [0.2, 0.25) is 0 Å². The fourth-order valence-corrected chi connectivity index (χ4v) is 1.08. The summed E-state index contributed by atoms with van der Waals surface area (Å²) in [5, 5.41) is 0. The summed E-state index contributed by atoms with van der Waals surface area (Å²) < 4.78 is 12.7. The number of halogens is 1. The second-order valence-corrected chi connectivity index (χ2v) is 2.92. The lowest BCUT2D eigenvalue weighted by Crippen LogP contribution is -2.31. The maximum absolute atomic E-state index is 12.7. The fraction of sp³-hybridized carbons (Fsp3) is 1.00. The van der Waals surface area contributed by atoms with Gasteiger partial charge in [0.05, 0.1) is 0 Å². The summed E-state index contributed by atoms with van der Waals surface area (Å²) >= 11 is 1.48. The number of thioether (sulfide) groups is 1. The zero-order valence-corrected chi connectivity index (χ0v) is 6.09. The molecule has 0 heterocycles. The number of hydrogen-bond acceptors (Lipinski definition) is 2. The molecule has 0 aliphatic carbocycles. The molecule has 0 saturated heterocycles. The van der Waals surface area contributed by atoms with E-state index in [4.69, 9.17) is 5.73 Å². The summed E-state index contributed by atoms with van der Waals surface area (Å²) in [6.07, 6.45) is 1.87. The van der Waals surface area contributed by atoms with Crippen molar-refractivity contribution in [3.63, 3.8) is 0 Å². The number of rotatable bonds is 3. The largest absolute Gasteiger partial charge is 0.328 e. The van der Waals surface area contributed by atoms with Crippen molar-refractivity contribution in [3.05, 3.63) is 0 Å². The molecule has 2 N–H and O–H groups in total. The lowest BCUT2D eigenvalue weighted by molar-refractivity contribution is 0.234. The smallest absolute Gasteiger partial charge is 0.129 e. The number of hydrogen-bond donors (Lipinski definition) is 1. The molecule has 0 saturated carbocycles. The number of nitrogens with two attached hydrogens (primary N) is 1. The Morgan fingerprint density at radius 1 is 1.75 bits per heavy atom. The predicted octanol–water partition coefficient (Wildman–Crippen LogP) is 1.04. The Kier molecular flexibility index (Phi) is 3.40. The molecule has 0 amide bonds. The highest BCUT2D eigenvalue weighted by Gasteiger charge is 2.18. The van der Waals surface area contributed by atoms with Crippen LogP contribution in [0.3, 0.4) is 0 Å². The van der Waals surface area contributed by atoms with Crippen LogP contribution in [0.4, 0.5) is 4.39 Å². The van der Waals surface area contributed by atoms with Crippen LogP contribution in [0.15, 0.2) is 0 Å². The van der Waals surface area contributed by atoms with Gasteiger partial charge < -0.3 is 5.73 Å². The molecular weight excluding hydrogens is 125 g/mol. The molecule has 1 unspecified atom stereocenters. The average molecular weight is 137 g/mol. The zero-order valence-electron chi connectivity index (χ0n) is 5.28. The highest BCUT2D eigenvalue weighted by molar-refractivity contribution is 7.98. The minimum absolute atomic E-state index is 0.119. The first-order chi connectivity index (χ1) is 3.62. The minimum atomic E-state index is -1.17. The minimum Gasteiger partial charge on any atom is -0.328 e. The van der Waals surface area contributed by atoms with Gasteiger partial charge in [-0.05, 0) is 13.2 Å². The van der Waals surface area contributed by atoms with Crippen molar-refractivity contribution in [2.24, 2.45) is 5.73 Å². The van der Waals surface area contributed by atoms with E-state index in [0.29, 0.717) is 5.75 Å². The Hall–Kier alpha value is 0.240. The summed E-state index contributed by atoms with van der Waals surface area (Å²) in [4.78, 5) is 0. The molecule has 0 aromatic carbocycles. The lowest BCUT2D eigenvalue weighted by atomic mass is 10.2. The first kappa shape index (κ1) is 8.24. The van der Waals surface area contributed by atoms with Crippen molar-refractivity contribution in [3.8, 4) is 0 Å². The summed E-state index contributed by atoms with van der Waals surface area (Å²) in [5.41, 5.74) is 3.94. The van der Waals surface area contributed by atoms with E-state index < -0.39 is 5.67 Å². The molecule has 0 aromatic rings. The van der Waals surface area contributed by atoms with Gasteiger partial charge in [0.1, 0.15) is 5.67 Å². The van der Waals surface area contributed by atoms with E-state index in [1.165, 1.54) is 18.7 Å². The molecule has 0 aromatic heterocycles. The molecule has 0 fully saturated rings. The van der Waals surface area contributed by atoms with Crippen molar-refractivity contribution >= 4 is 11.8 Å². The number of alkyl halides is 1. The zero-order chi connectivity index (χ0) is 6.62. The van der Waals surface area contributed by atoms with E-state index in [1.807, 2.05) is 6.26 Å². The van der Waals surface area contributed by atoms with Crippen molar-refractivity contribution in [2.75, 3.05) is 18.6 Å². The second kappa shape index (κ2) is 3.30. The summed E-state index contributed by atoms with van der Waals surface area (Å²) in [6, 6.07) is 0. The molecule has 0 aliphatic rings. The van der Waals surface area contributed by atoms with E-state index in [1.54, 1.807) is 0 Å². The van der Waals surface area contributed by atoms with E-state index in [0.717, 1.165) is 0 Å². The molecule has 0 bridgehead atoms. The molecule has 0 radical (unpaired) electrons. The highest BCUT2D eigenvalue weighted by atomic mass is 32.2. The van der Waals surface area contributed by atoms with Crippen LogP contribution in [0.1, 0.15) is 6.92 Å². The predicted molar refractivity (Wildman–Crippen MR) is 36.9 cm³/mol. The summed E-state index contributed by atoms with van der Waals surface area (Å²) in [6.45, 7) is 1.64. The molecular formula is C5H12FNS. The van der Waals surface area contributed by atoms with Gasteiger partial charge in [0.25, 0.3) is 0 Å². The van der Waals surface area contributed by atoms with Gasteiger partial charge in [0.15, 0.2) is 0 Å². The van der Waals surface area contributed by atoms with Crippen molar-refractivity contribution < 1.29 is 4.39 Å². The van der Waals surface area contributed by atoms with Crippen molar-refractivity contribution in [1.82, 2.24) is 0 Å². The molecule has 50 valence electrons. The molecule has 1 nitrogen and oxygen atoms in total. The van der Waals surface area contributed by atoms with Gasteiger partial charge in [-0.1, -0.05) is 0 Å². The monoisotopic (exact) mass is 137 g/mol. The Bertz CT molecular complexity index is 65.4. The van der Waals surface area contributed by atoms with Gasteiger partial charge >= 0.3 is 0 Å². The molecule has 0 aliphatic heterocycles. The normalized spacial score (nSPS) is 18.0. The molecule has 8 heavy (non-hydrogen) atoms. The van der Waals surface area contributed by atoms with Crippen LogP contribution in [0.25, 0.3) is 0 Å². The van der Waals surface area contributed by atoms with E-state index in [9.17, 15) is 4.39 Å². The third kappa shape index (κ3) is 3.27. The first-order valence-electron chi connectivity index (χ1n) is 2.50. The maximum atomic E-state index is 12.7. The molecule has 1 atom stereocenters. The van der Waals surface area contributed by atoms with Gasteiger partial charge in [-0.3, -0.25) is 0 Å². The van der Waals surface area contributed by atoms with Crippen LogP contribution < -0.4 is 5.73 Å². The Labute approximate surface area is 53.8 Å². The lowest BCUT2D eigenvalue weighted by Gasteiger charge is -2.14. The fourth-order valence-electron chi connectivity index (χ4n) is 0.360. The van der Waals surface area contributed by atoms with Gasteiger partial charge in [-0.25, -0.2) is 4.39 Å². The summed E-state index contributed by atoms with van der Waals surface area (Å²) in [7, 11) is 0. The third-order valence-corrected chi connectivity index (χ3v) is 1.76. The van der Waals surface area contributed by atoms with Crippen LogP contribution in [0.5, 0.6) is 0 Å². The standard InChI is InChI=1S/C5H12FNS/c1-5(6,3-7)4-8-2/h3-4,7H2,1-2H3. The first-order valence-corrected chi connectivity index (χ1v) is 3.90. The van der Waals surface area contributed by atoms with E-state index >= 15 is 0 Å². The maximum Gasteiger partial charge on any atom is 0.129 e. The van der Waals surface area contributed by atoms with Crippen LogP contribution in [-0.2, 0) is 0 Å². The SMILES string of the molecule is CSCC(C)(F)CN. The highest BCUT2D eigenvalue weighted by Crippen LogP contribution is 2.12. The van der Waals surface area contributed by atoms with Crippen LogP contribution >= 0.6 is 11.8 Å². The van der Waals surface area contributed by atoms with Crippen molar-refractivity contribution in [2.45, 2.75) is 12.6 Å². The molecule has 3 heteroatoms. The van der Waals surface area contributed by atoms with E-state index in [2.05, 4.69) is 0 Å².